The average Bonchev–Trinajstić information content (AvgIpc) is 2.99. The van der Waals surface area contributed by atoms with Gasteiger partial charge >= 0.3 is 0 Å². The molecule has 3 N–H and O–H groups in total. The Balaban J connectivity index is 1.83. The molecule has 4 nitrogen and oxygen atoms in total. The third kappa shape index (κ3) is 1.70. The molecule has 0 radical (unpaired) electrons. The minimum Gasteiger partial charge on any atom is -0.492 e. The molecule has 0 atom stereocenters. The predicted octanol–water partition coefficient (Wildman–Crippen LogP) is 3.49. The van der Waals surface area contributed by atoms with Crippen molar-refractivity contribution >= 4 is 0 Å². The second-order valence-electron chi connectivity index (χ2n) is 5.59. The fourth-order valence-corrected chi connectivity index (χ4v) is 3.38. The number of rotatable bonds is 2. The van der Waals surface area contributed by atoms with E-state index in [1.54, 1.807) is 0 Å². The van der Waals surface area contributed by atoms with E-state index in [1.165, 1.54) is 28.3 Å². The van der Waals surface area contributed by atoms with Crippen molar-refractivity contribution in [1.29, 1.82) is 0 Å². The molecule has 3 aromatic rings. The third-order valence-corrected chi connectivity index (χ3v) is 4.39. The second-order valence-corrected chi connectivity index (χ2v) is 5.59. The molecule has 4 rings (SSSR count). The van der Waals surface area contributed by atoms with E-state index in [0.29, 0.717) is 16.7 Å². The van der Waals surface area contributed by atoms with Crippen molar-refractivity contribution in [3.05, 3.63) is 71.3 Å². The maximum absolute atomic E-state index is 9.93. The first-order valence-electron chi connectivity index (χ1n) is 7.17. The third-order valence-electron chi connectivity index (χ3n) is 4.39. The summed E-state index contributed by atoms with van der Waals surface area (Å²) in [6, 6.07) is 17.8. The molecule has 1 heterocycles. The summed E-state index contributed by atoms with van der Waals surface area (Å²) in [5.41, 5.74) is 5.34. The van der Waals surface area contributed by atoms with Gasteiger partial charge in [0.15, 0.2) is 0 Å². The van der Waals surface area contributed by atoms with Crippen LogP contribution in [-0.4, -0.2) is 20.2 Å². The summed E-state index contributed by atoms with van der Waals surface area (Å²) in [7, 11) is 0. The van der Waals surface area contributed by atoms with Crippen LogP contribution in [0.4, 0.5) is 0 Å². The molecule has 1 aliphatic rings. The van der Waals surface area contributed by atoms with Crippen molar-refractivity contribution < 1.29 is 15.4 Å². The number of fused-ring (bicyclic) bond motifs is 3. The van der Waals surface area contributed by atoms with Crippen molar-refractivity contribution in [2.24, 2.45) is 0 Å². The van der Waals surface area contributed by atoms with E-state index in [0.717, 1.165) is 0 Å². The zero-order valence-corrected chi connectivity index (χ0v) is 11.8. The molecule has 0 saturated heterocycles. The van der Waals surface area contributed by atoms with Crippen LogP contribution >= 0.6 is 0 Å². The average molecular weight is 293 g/mol. The minimum absolute atomic E-state index is 0.0973. The summed E-state index contributed by atoms with van der Waals surface area (Å²) in [6.07, 6.45) is 0.515. The molecular weight excluding hydrogens is 278 g/mol. The first-order valence-corrected chi connectivity index (χ1v) is 7.17. The van der Waals surface area contributed by atoms with Gasteiger partial charge in [-0.2, -0.15) is 0 Å². The van der Waals surface area contributed by atoms with E-state index in [4.69, 9.17) is 0 Å². The van der Waals surface area contributed by atoms with Crippen molar-refractivity contribution in [2.45, 2.75) is 12.3 Å². The molecule has 0 saturated carbocycles. The largest absolute Gasteiger partial charge is 0.492 e. The van der Waals surface area contributed by atoms with Crippen molar-refractivity contribution in [3.63, 3.8) is 0 Å². The van der Waals surface area contributed by atoms with Crippen LogP contribution in [0.15, 0.2) is 54.6 Å². The molecule has 0 bridgehead atoms. The van der Waals surface area contributed by atoms with Gasteiger partial charge in [-0.25, -0.2) is 0 Å². The lowest BCUT2D eigenvalue weighted by molar-refractivity contribution is 0.130. The van der Waals surface area contributed by atoms with Crippen LogP contribution < -0.4 is 0 Å². The number of hydrogen-bond acceptors (Lipinski definition) is 3. The molecule has 0 aliphatic heterocycles. The topological polar surface area (TPSA) is 65.6 Å². The van der Waals surface area contributed by atoms with E-state index < -0.39 is 0 Å². The summed E-state index contributed by atoms with van der Waals surface area (Å²) in [5.74, 6) is -0.563. The highest BCUT2D eigenvalue weighted by atomic mass is 16.5. The maximum Gasteiger partial charge on any atom is 0.232 e. The Hall–Kier alpha value is -2.88. The Labute approximate surface area is 127 Å². The highest BCUT2D eigenvalue weighted by molar-refractivity contribution is 5.78. The van der Waals surface area contributed by atoms with Gasteiger partial charge in [0, 0.05) is 17.5 Å². The molecule has 2 aromatic carbocycles. The highest BCUT2D eigenvalue weighted by Gasteiger charge is 2.29. The van der Waals surface area contributed by atoms with Crippen LogP contribution in [0.25, 0.3) is 11.1 Å². The monoisotopic (exact) mass is 293 g/mol. The quantitative estimate of drug-likeness (QED) is 0.634. The lowest BCUT2D eigenvalue weighted by Crippen LogP contribution is -2.01. The Morgan fingerprint density at radius 1 is 0.864 bits per heavy atom. The summed E-state index contributed by atoms with van der Waals surface area (Å²) in [4.78, 5) is 0. The fourth-order valence-electron chi connectivity index (χ4n) is 3.38. The van der Waals surface area contributed by atoms with Gasteiger partial charge in [-0.3, -0.25) is 0 Å². The van der Waals surface area contributed by atoms with Gasteiger partial charge in [-0.05, 0) is 28.7 Å². The van der Waals surface area contributed by atoms with Crippen molar-refractivity contribution in [1.82, 2.24) is 4.73 Å². The van der Waals surface area contributed by atoms with Crippen LogP contribution in [0.5, 0.6) is 11.8 Å². The predicted molar refractivity (Wildman–Crippen MR) is 82.4 cm³/mol. The lowest BCUT2D eigenvalue weighted by Gasteiger charge is -2.12. The van der Waals surface area contributed by atoms with Crippen LogP contribution in [-0.2, 0) is 6.42 Å². The van der Waals surface area contributed by atoms with Crippen molar-refractivity contribution in [3.8, 4) is 22.9 Å². The van der Waals surface area contributed by atoms with Crippen molar-refractivity contribution in [2.75, 3.05) is 0 Å². The normalized spacial score (nSPS) is 13.1. The van der Waals surface area contributed by atoms with Gasteiger partial charge < -0.3 is 15.4 Å². The van der Waals surface area contributed by atoms with Gasteiger partial charge in [0.25, 0.3) is 0 Å². The molecule has 0 unspecified atom stereocenters. The molecule has 0 spiro atoms. The Kier molecular flexibility index (Phi) is 2.66. The van der Waals surface area contributed by atoms with Gasteiger partial charge in [0.1, 0.15) is 0 Å². The Bertz CT molecular complexity index is 821. The van der Waals surface area contributed by atoms with E-state index in [2.05, 4.69) is 24.3 Å². The summed E-state index contributed by atoms with van der Waals surface area (Å²) < 4.78 is 0.405. The van der Waals surface area contributed by atoms with Crippen LogP contribution in [0.2, 0.25) is 0 Å². The number of nitrogens with zero attached hydrogens (tertiary/aromatic N) is 1. The van der Waals surface area contributed by atoms with Crippen LogP contribution in [0.1, 0.15) is 22.6 Å². The zero-order chi connectivity index (χ0) is 15.3. The number of aromatic hydroxyl groups is 2. The summed E-state index contributed by atoms with van der Waals surface area (Å²) in [6.45, 7) is 0. The van der Waals surface area contributed by atoms with Crippen LogP contribution in [0, 0.1) is 0 Å². The number of benzene rings is 2. The maximum atomic E-state index is 9.93. The summed E-state index contributed by atoms with van der Waals surface area (Å²) in [5, 5.41) is 29.0. The highest BCUT2D eigenvalue weighted by Crippen LogP contribution is 2.46. The number of hydrogen-bond donors (Lipinski definition) is 3. The van der Waals surface area contributed by atoms with Gasteiger partial charge in [-0.1, -0.05) is 48.5 Å². The fraction of sp³-hybridized carbons (Fsp3) is 0.111. The van der Waals surface area contributed by atoms with E-state index >= 15 is 0 Å². The van der Waals surface area contributed by atoms with Gasteiger partial charge in [0.05, 0.1) is 0 Å². The number of aromatic nitrogens is 1. The lowest BCUT2D eigenvalue weighted by atomic mass is 9.91. The molecular formula is C18H15NO3. The Morgan fingerprint density at radius 2 is 1.41 bits per heavy atom. The first-order chi connectivity index (χ1) is 10.7. The molecule has 1 aliphatic carbocycles. The van der Waals surface area contributed by atoms with E-state index in [9.17, 15) is 15.4 Å². The molecule has 4 heteroatoms. The second kappa shape index (κ2) is 4.56. The molecule has 110 valence electrons. The standard InChI is InChI=1S/C18H15NO3/c20-17-10-11(18(21)19(17)22)9-16-14-7-3-1-5-12(14)13-6-2-4-8-15(13)16/h1-8,10,16,20-22H,9H2. The van der Waals surface area contributed by atoms with Gasteiger partial charge in [-0.15, -0.1) is 4.73 Å². The van der Waals surface area contributed by atoms with Gasteiger partial charge in [0.2, 0.25) is 11.8 Å². The first kappa shape index (κ1) is 12.8. The Morgan fingerprint density at radius 3 is 1.91 bits per heavy atom. The molecule has 0 amide bonds. The molecule has 0 fully saturated rings. The molecule has 1 aromatic heterocycles. The molecule has 22 heavy (non-hydrogen) atoms. The SMILES string of the molecule is Oc1cc(CC2c3ccccc3-c3ccccc32)c(O)n1O. The zero-order valence-electron chi connectivity index (χ0n) is 11.8. The van der Waals surface area contributed by atoms with E-state index in [1.807, 2.05) is 24.3 Å². The smallest absolute Gasteiger partial charge is 0.232 e. The van der Waals surface area contributed by atoms with E-state index in [-0.39, 0.29) is 17.7 Å². The summed E-state index contributed by atoms with van der Waals surface area (Å²) >= 11 is 0. The van der Waals surface area contributed by atoms with Crippen LogP contribution in [0.3, 0.4) is 0 Å². The minimum atomic E-state index is -0.355.